The summed E-state index contributed by atoms with van der Waals surface area (Å²) in [4.78, 5) is 32.0. The third-order valence-electron chi connectivity index (χ3n) is 4.68. The number of aliphatic carboxylic acids is 1. The molecule has 1 unspecified atom stereocenters. The van der Waals surface area contributed by atoms with Crippen LogP contribution in [0.25, 0.3) is 21.7 Å². The molecule has 1 N–H and O–H groups in total. The number of hydrogen-bond donors (Lipinski definition) is 1. The van der Waals surface area contributed by atoms with Crippen molar-refractivity contribution in [2.45, 2.75) is 12.8 Å². The number of ketones is 1. The zero-order chi connectivity index (χ0) is 19.1. The van der Waals surface area contributed by atoms with Crippen LogP contribution in [0.2, 0.25) is 5.02 Å². The van der Waals surface area contributed by atoms with Gasteiger partial charge in [-0.05, 0) is 35.2 Å². The lowest BCUT2D eigenvalue weighted by molar-refractivity contribution is -0.307. The Kier molecular flexibility index (Phi) is 4.16. The topological polar surface area (TPSA) is 85.9 Å². The molecule has 1 atom stereocenters. The van der Waals surface area contributed by atoms with Crippen LogP contribution in [0.4, 0.5) is 0 Å². The number of hydrogen-bond acceptors (Lipinski definition) is 4. The van der Waals surface area contributed by atoms with Crippen LogP contribution in [0.3, 0.4) is 0 Å². The summed E-state index contributed by atoms with van der Waals surface area (Å²) in [6.07, 6.45) is 1.63. The molecule has 5 nitrogen and oxygen atoms in total. The standard InChI is InChI=1S/C21H15ClN2O3/c1-11(21(26)27)18-15-9-14(22)6-7-16(15)24-19(18)20(25)17-8-12-4-2-3-5-13(12)10-23-17/h2-11,24H,1H3,(H,26,27)/p-1. The van der Waals surface area contributed by atoms with E-state index in [-0.39, 0.29) is 17.2 Å². The molecule has 6 heteroatoms. The summed E-state index contributed by atoms with van der Waals surface area (Å²) < 4.78 is 0. The minimum Gasteiger partial charge on any atom is -0.550 e. The van der Waals surface area contributed by atoms with Crippen molar-refractivity contribution >= 4 is 45.0 Å². The van der Waals surface area contributed by atoms with Gasteiger partial charge in [-0.1, -0.05) is 42.8 Å². The van der Waals surface area contributed by atoms with Gasteiger partial charge in [0.15, 0.2) is 0 Å². The Morgan fingerprint density at radius 2 is 1.85 bits per heavy atom. The van der Waals surface area contributed by atoms with Gasteiger partial charge in [-0.2, -0.15) is 0 Å². The molecule has 0 amide bonds. The van der Waals surface area contributed by atoms with Crippen molar-refractivity contribution in [1.29, 1.82) is 0 Å². The van der Waals surface area contributed by atoms with Gasteiger partial charge in [0, 0.05) is 39.4 Å². The van der Waals surface area contributed by atoms with Gasteiger partial charge in [-0.3, -0.25) is 9.78 Å². The number of carboxylic acids is 1. The van der Waals surface area contributed by atoms with E-state index in [9.17, 15) is 14.7 Å². The van der Waals surface area contributed by atoms with Crippen molar-refractivity contribution in [3.8, 4) is 0 Å². The number of carbonyl (C=O) groups is 2. The number of halogens is 1. The first-order valence-electron chi connectivity index (χ1n) is 8.37. The number of nitrogens with one attached hydrogen (secondary N) is 1. The van der Waals surface area contributed by atoms with Gasteiger partial charge < -0.3 is 14.9 Å². The Balaban J connectivity index is 1.92. The highest BCUT2D eigenvalue weighted by Gasteiger charge is 2.24. The molecule has 0 saturated heterocycles. The first-order valence-corrected chi connectivity index (χ1v) is 8.75. The van der Waals surface area contributed by atoms with E-state index >= 15 is 0 Å². The molecule has 0 aliphatic carbocycles. The van der Waals surface area contributed by atoms with E-state index in [1.807, 2.05) is 24.3 Å². The molecule has 27 heavy (non-hydrogen) atoms. The van der Waals surface area contributed by atoms with E-state index in [1.165, 1.54) is 6.92 Å². The van der Waals surface area contributed by atoms with Gasteiger partial charge in [-0.25, -0.2) is 0 Å². The predicted octanol–water partition coefficient (Wildman–Crippen LogP) is 3.45. The number of H-pyrrole nitrogens is 1. The largest absolute Gasteiger partial charge is 0.550 e. The lowest BCUT2D eigenvalue weighted by atomic mass is 9.95. The van der Waals surface area contributed by atoms with E-state index in [1.54, 1.807) is 30.5 Å². The smallest absolute Gasteiger partial charge is 0.227 e. The van der Waals surface area contributed by atoms with Crippen LogP contribution in [-0.2, 0) is 4.79 Å². The predicted molar refractivity (Wildman–Crippen MR) is 102 cm³/mol. The summed E-state index contributed by atoms with van der Waals surface area (Å²) in [6.45, 7) is 1.49. The highest BCUT2D eigenvalue weighted by Crippen LogP contribution is 2.32. The Bertz CT molecular complexity index is 1210. The van der Waals surface area contributed by atoms with Crippen LogP contribution >= 0.6 is 11.6 Å². The molecule has 2 aromatic heterocycles. The van der Waals surface area contributed by atoms with Gasteiger partial charge in [0.25, 0.3) is 0 Å². The number of pyridine rings is 1. The summed E-state index contributed by atoms with van der Waals surface area (Å²) in [5.41, 5.74) is 1.41. The van der Waals surface area contributed by atoms with Gasteiger partial charge in [-0.15, -0.1) is 0 Å². The Morgan fingerprint density at radius 1 is 1.11 bits per heavy atom. The molecule has 2 heterocycles. The van der Waals surface area contributed by atoms with Crippen LogP contribution in [0.1, 0.15) is 34.6 Å². The first kappa shape index (κ1) is 17.2. The molecule has 4 rings (SSSR count). The molecule has 134 valence electrons. The monoisotopic (exact) mass is 377 g/mol. The van der Waals surface area contributed by atoms with Crippen molar-refractivity contribution in [2.75, 3.05) is 0 Å². The Morgan fingerprint density at radius 3 is 2.59 bits per heavy atom. The first-order chi connectivity index (χ1) is 13.0. The minimum absolute atomic E-state index is 0.187. The van der Waals surface area contributed by atoms with Crippen molar-refractivity contribution in [3.05, 3.63) is 76.7 Å². The summed E-state index contributed by atoms with van der Waals surface area (Å²) >= 11 is 6.07. The fourth-order valence-electron chi connectivity index (χ4n) is 3.27. The third-order valence-corrected chi connectivity index (χ3v) is 4.91. The second-order valence-electron chi connectivity index (χ2n) is 6.39. The number of carboxylic acid groups (broad SMARTS) is 1. The van der Waals surface area contributed by atoms with E-state index < -0.39 is 11.9 Å². The number of benzene rings is 2. The molecule has 0 radical (unpaired) electrons. The molecule has 4 aromatic rings. The van der Waals surface area contributed by atoms with Gasteiger partial charge in [0.05, 0.1) is 5.69 Å². The molecular weight excluding hydrogens is 364 g/mol. The highest BCUT2D eigenvalue weighted by atomic mass is 35.5. The van der Waals surface area contributed by atoms with E-state index in [0.717, 1.165) is 10.8 Å². The minimum atomic E-state index is -1.27. The number of aromatic amines is 1. The lowest BCUT2D eigenvalue weighted by Crippen LogP contribution is -2.29. The number of carbonyl (C=O) groups excluding carboxylic acids is 2. The molecule has 0 aliphatic heterocycles. The normalized spacial score (nSPS) is 12.4. The molecule has 0 aliphatic rings. The Hall–Kier alpha value is -3.18. The van der Waals surface area contributed by atoms with Gasteiger partial charge in [0.1, 0.15) is 5.69 Å². The van der Waals surface area contributed by atoms with Crippen molar-refractivity contribution < 1.29 is 14.7 Å². The second-order valence-corrected chi connectivity index (χ2v) is 6.83. The van der Waals surface area contributed by atoms with Crippen LogP contribution in [0.5, 0.6) is 0 Å². The lowest BCUT2D eigenvalue weighted by Gasteiger charge is -2.14. The zero-order valence-electron chi connectivity index (χ0n) is 14.3. The molecular formula is C21H14ClN2O3-. The Labute approximate surface area is 159 Å². The number of rotatable bonds is 4. The number of fused-ring (bicyclic) bond motifs is 2. The van der Waals surface area contributed by atoms with Crippen LogP contribution in [0, 0.1) is 0 Å². The van der Waals surface area contributed by atoms with Crippen LogP contribution in [-0.4, -0.2) is 21.7 Å². The molecule has 0 bridgehead atoms. The summed E-state index contributed by atoms with van der Waals surface area (Å²) in [5.74, 6) is -2.64. The quantitative estimate of drug-likeness (QED) is 0.552. The number of nitrogens with zero attached hydrogens (tertiary/aromatic N) is 1. The summed E-state index contributed by atoms with van der Waals surface area (Å²) in [6, 6.07) is 14.3. The maximum Gasteiger partial charge on any atom is 0.227 e. The number of aromatic nitrogens is 2. The second kappa shape index (κ2) is 6.52. The van der Waals surface area contributed by atoms with E-state index in [2.05, 4.69) is 9.97 Å². The summed E-state index contributed by atoms with van der Waals surface area (Å²) in [7, 11) is 0. The average molecular weight is 378 g/mol. The summed E-state index contributed by atoms with van der Waals surface area (Å²) in [5, 5.41) is 14.4. The average Bonchev–Trinajstić information content (AvgIpc) is 3.04. The SMILES string of the molecule is CC(C(=O)[O-])c1c(C(=O)c2cc3ccccc3cn2)[nH]c2ccc(Cl)cc12. The fraction of sp³-hybridized carbons (Fsp3) is 0.0952. The molecule has 0 spiro atoms. The molecule has 0 saturated carbocycles. The van der Waals surface area contributed by atoms with Crippen molar-refractivity contribution in [1.82, 2.24) is 9.97 Å². The van der Waals surface area contributed by atoms with Gasteiger partial charge >= 0.3 is 0 Å². The van der Waals surface area contributed by atoms with E-state index in [4.69, 9.17) is 11.6 Å². The molecule has 0 fully saturated rings. The molecule has 2 aromatic carbocycles. The van der Waals surface area contributed by atoms with Crippen molar-refractivity contribution in [2.24, 2.45) is 0 Å². The fourth-order valence-corrected chi connectivity index (χ4v) is 3.44. The van der Waals surface area contributed by atoms with Gasteiger partial charge in [0.2, 0.25) is 5.78 Å². The van der Waals surface area contributed by atoms with Crippen molar-refractivity contribution in [3.63, 3.8) is 0 Å². The van der Waals surface area contributed by atoms with E-state index in [0.29, 0.717) is 21.5 Å². The van der Waals surface area contributed by atoms with Crippen LogP contribution < -0.4 is 5.11 Å². The highest BCUT2D eigenvalue weighted by molar-refractivity contribution is 6.31. The maximum atomic E-state index is 13.2. The zero-order valence-corrected chi connectivity index (χ0v) is 15.1. The van der Waals surface area contributed by atoms with Crippen LogP contribution in [0.15, 0.2) is 54.7 Å². The third kappa shape index (κ3) is 2.96. The maximum absolute atomic E-state index is 13.2.